The highest BCUT2D eigenvalue weighted by molar-refractivity contribution is 5.88. The molecule has 2 rings (SSSR count). The lowest BCUT2D eigenvalue weighted by Crippen LogP contribution is -2.58. The van der Waals surface area contributed by atoms with E-state index < -0.39 is 11.0 Å². The van der Waals surface area contributed by atoms with Gasteiger partial charge in [0.15, 0.2) is 11.9 Å². The number of fused-ring (bicyclic) bond motifs is 1. The number of carbonyl (C=O) groups is 2. The molecule has 0 aromatic heterocycles. The van der Waals surface area contributed by atoms with Gasteiger partial charge in [0.05, 0.1) is 0 Å². The minimum atomic E-state index is -1.67. The van der Waals surface area contributed by atoms with Crippen LogP contribution in [0.2, 0.25) is 0 Å². The Morgan fingerprint density at radius 2 is 2.17 bits per heavy atom. The van der Waals surface area contributed by atoms with Crippen LogP contribution in [-0.2, 0) is 9.59 Å². The first-order chi connectivity index (χ1) is 8.40. The minimum absolute atomic E-state index is 0.0696. The van der Waals surface area contributed by atoms with E-state index in [0.717, 1.165) is 18.4 Å². The molecule has 0 aromatic carbocycles. The van der Waals surface area contributed by atoms with Crippen LogP contribution in [0.1, 0.15) is 33.1 Å². The predicted octanol–water partition coefficient (Wildman–Crippen LogP) is 2.05. The Hall–Kier alpha value is -1.22. The third-order valence-electron chi connectivity index (χ3n) is 5.13. The quantitative estimate of drug-likeness (QED) is 0.601. The zero-order chi connectivity index (χ0) is 13.6. The van der Waals surface area contributed by atoms with Gasteiger partial charge in [-0.25, -0.2) is 0 Å². The summed E-state index contributed by atoms with van der Waals surface area (Å²) in [6.07, 6.45) is 5.15. The van der Waals surface area contributed by atoms with Crippen molar-refractivity contribution in [3.8, 4) is 0 Å². The van der Waals surface area contributed by atoms with Gasteiger partial charge in [-0.1, -0.05) is 32.1 Å². The number of hydrogen-bond acceptors (Lipinski definition) is 3. The lowest BCUT2D eigenvalue weighted by molar-refractivity contribution is -0.144. The second-order valence-electron chi connectivity index (χ2n) is 5.88. The van der Waals surface area contributed by atoms with Crippen LogP contribution >= 0.6 is 0 Å². The van der Waals surface area contributed by atoms with Gasteiger partial charge >= 0.3 is 0 Å². The number of allylic oxidation sites excluding steroid dienone is 2. The number of hydrogen-bond donors (Lipinski definition) is 1. The SMILES string of the molecule is C=C1[C@H](C)CC[C@]2(C)[C@H]1CC=C(C=O)[C@]2(O)C=O. The summed E-state index contributed by atoms with van der Waals surface area (Å²) in [6.45, 7) is 8.16. The summed E-state index contributed by atoms with van der Waals surface area (Å²) in [4.78, 5) is 22.5. The number of aldehydes is 2. The third-order valence-corrected chi connectivity index (χ3v) is 5.13. The molecule has 0 saturated heterocycles. The standard InChI is InChI=1S/C15H20O3/c1-10-6-7-14(3)13(11(10)2)5-4-12(8-16)15(14,18)9-17/h4,8-10,13,18H,2,5-7H2,1,3H3/t10-,13+,14-,15-/m1/s1. The Morgan fingerprint density at radius 1 is 1.50 bits per heavy atom. The van der Waals surface area contributed by atoms with Crippen molar-refractivity contribution in [3.05, 3.63) is 23.8 Å². The highest BCUT2D eigenvalue weighted by atomic mass is 16.3. The lowest BCUT2D eigenvalue weighted by atomic mass is 9.51. The lowest BCUT2D eigenvalue weighted by Gasteiger charge is -2.54. The van der Waals surface area contributed by atoms with E-state index in [-0.39, 0.29) is 11.5 Å². The second kappa shape index (κ2) is 4.16. The van der Waals surface area contributed by atoms with Crippen LogP contribution < -0.4 is 0 Å². The van der Waals surface area contributed by atoms with Crippen LogP contribution in [0.5, 0.6) is 0 Å². The molecule has 0 aliphatic heterocycles. The van der Waals surface area contributed by atoms with Crippen molar-refractivity contribution in [2.45, 2.75) is 38.7 Å². The summed E-state index contributed by atoms with van der Waals surface area (Å²) in [6, 6.07) is 0. The van der Waals surface area contributed by atoms with Crippen molar-refractivity contribution < 1.29 is 14.7 Å². The molecule has 3 heteroatoms. The van der Waals surface area contributed by atoms with Crippen LogP contribution in [0.4, 0.5) is 0 Å². The van der Waals surface area contributed by atoms with Gasteiger partial charge in [0.25, 0.3) is 0 Å². The van der Waals surface area contributed by atoms with E-state index >= 15 is 0 Å². The van der Waals surface area contributed by atoms with E-state index in [1.54, 1.807) is 6.08 Å². The Kier molecular flexibility index (Phi) is 3.06. The van der Waals surface area contributed by atoms with E-state index in [4.69, 9.17) is 0 Å². The predicted molar refractivity (Wildman–Crippen MR) is 68.9 cm³/mol. The molecule has 0 unspecified atom stereocenters. The first kappa shape index (κ1) is 13.2. The summed E-state index contributed by atoms with van der Waals surface area (Å²) in [5, 5.41) is 10.7. The molecule has 2 aliphatic carbocycles. The maximum atomic E-state index is 11.4. The zero-order valence-electron chi connectivity index (χ0n) is 11.0. The highest BCUT2D eigenvalue weighted by Gasteiger charge is 2.58. The summed E-state index contributed by atoms with van der Waals surface area (Å²) in [5.41, 5.74) is -0.979. The van der Waals surface area contributed by atoms with E-state index in [2.05, 4.69) is 13.5 Å². The van der Waals surface area contributed by atoms with Crippen molar-refractivity contribution in [1.82, 2.24) is 0 Å². The molecule has 98 valence electrons. The average Bonchev–Trinajstić information content (AvgIpc) is 2.37. The van der Waals surface area contributed by atoms with Crippen molar-refractivity contribution in [1.29, 1.82) is 0 Å². The summed E-state index contributed by atoms with van der Waals surface area (Å²) < 4.78 is 0. The van der Waals surface area contributed by atoms with E-state index in [1.807, 2.05) is 6.92 Å². The maximum absolute atomic E-state index is 11.4. The monoisotopic (exact) mass is 248 g/mol. The van der Waals surface area contributed by atoms with Gasteiger partial charge in [-0.2, -0.15) is 0 Å². The number of carbonyl (C=O) groups excluding carboxylic acids is 2. The Balaban J connectivity index is 2.55. The first-order valence-corrected chi connectivity index (χ1v) is 6.44. The van der Waals surface area contributed by atoms with E-state index in [0.29, 0.717) is 24.9 Å². The molecule has 0 radical (unpaired) electrons. The van der Waals surface area contributed by atoms with Crippen LogP contribution in [0, 0.1) is 17.3 Å². The molecule has 1 N–H and O–H groups in total. The summed E-state index contributed by atoms with van der Waals surface area (Å²) >= 11 is 0. The van der Waals surface area contributed by atoms with Crippen LogP contribution in [0.3, 0.4) is 0 Å². The molecular formula is C15H20O3. The van der Waals surface area contributed by atoms with Gasteiger partial charge in [-0.3, -0.25) is 9.59 Å². The molecule has 4 atom stereocenters. The van der Waals surface area contributed by atoms with Gasteiger partial charge in [-0.15, -0.1) is 0 Å². The molecule has 2 aliphatic rings. The first-order valence-electron chi connectivity index (χ1n) is 6.44. The van der Waals surface area contributed by atoms with Gasteiger partial charge in [-0.05, 0) is 31.1 Å². The molecule has 0 heterocycles. The molecule has 0 bridgehead atoms. The van der Waals surface area contributed by atoms with Crippen LogP contribution in [-0.4, -0.2) is 23.3 Å². The topological polar surface area (TPSA) is 54.4 Å². The molecule has 0 amide bonds. The van der Waals surface area contributed by atoms with Gasteiger partial charge in [0.2, 0.25) is 0 Å². The highest BCUT2D eigenvalue weighted by Crippen LogP contribution is 2.56. The average molecular weight is 248 g/mol. The van der Waals surface area contributed by atoms with Crippen molar-refractivity contribution >= 4 is 12.6 Å². The maximum Gasteiger partial charge on any atom is 0.156 e. The number of rotatable bonds is 2. The van der Waals surface area contributed by atoms with Crippen LogP contribution in [0.25, 0.3) is 0 Å². The van der Waals surface area contributed by atoms with Crippen molar-refractivity contribution in [3.63, 3.8) is 0 Å². The normalized spacial score (nSPS) is 43.9. The molecule has 1 fully saturated rings. The fourth-order valence-electron chi connectivity index (χ4n) is 3.57. The smallest absolute Gasteiger partial charge is 0.156 e. The van der Waals surface area contributed by atoms with Crippen molar-refractivity contribution in [2.75, 3.05) is 0 Å². The van der Waals surface area contributed by atoms with Crippen LogP contribution in [0.15, 0.2) is 23.8 Å². The van der Waals surface area contributed by atoms with Crippen molar-refractivity contribution in [2.24, 2.45) is 17.3 Å². The Morgan fingerprint density at radius 3 is 2.72 bits per heavy atom. The Labute approximate surface area is 108 Å². The second-order valence-corrected chi connectivity index (χ2v) is 5.88. The molecule has 18 heavy (non-hydrogen) atoms. The van der Waals surface area contributed by atoms with Gasteiger partial charge in [0, 0.05) is 11.0 Å². The van der Waals surface area contributed by atoms with Gasteiger partial charge in [0.1, 0.15) is 6.29 Å². The van der Waals surface area contributed by atoms with E-state index in [1.165, 1.54) is 0 Å². The number of aliphatic hydroxyl groups is 1. The zero-order valence-corrected chi connectivity index (χ0v) is 11.0. The summed E-state index contributed by atoms with van der Waals surface area (Å²) in [7, 11) is 0. The molecule has 1 saturated carbocycles. The third kappa shape index (κ3) is 1.46. The molecular weight excluding hydrogens is 228 g/mol. The fraction of sp³-hybridized carbons (Fsp3) is 0.600. The fourth-order valence-corrected chi connectivity index (χ4v) is 3.57. The van der Waals surface area contributed by atoms with E-state index in [9.17, 15) is 14.7 Å². The Bertz CT molecular complexity index is 437. The minimum Gasteiger partial charge on any atom is -0.377 e. The molecule has 0 spiro atoms. The molecule has 0 aromatic rings. The molecule has 3 nitrogen and oxygen atoms in total. The largest absolute Gasteiger partial charge is 0.377 e. The van der Waals surface area contributed by atoms with Gasteiger partial charge < -0.3 is 5.11 Å². The summed E-state index contributed by atoms with van der Waals surface area (Å²) in [5.74, 6) is 0.477.